The van der Waals surface area contributed by atoms with Crippen molar-refractivity contribution in [3.05, 3.63) is 72.3 Å². The molecule has 4 rings (SSSR count). The van der Waals surface area contributed by atoms with E-state index in [4.69, 9.17) is 4.74 Å². The van der Waals surface area contributed by atoms with E-state index in [0.29, 0.717) is 24.6 Å². The molecular weight excluding hydrogens is 410 g/mol. The molecule has 160 valence electrons. The topological polar surface area (TPSA) is 66.8 Å². The number of thiophene rings is 1. The van der Waals surface area contributed by atoms with Crippen LogP contribution in [0, 0.1) is 5.92 Å². The van der Waals surface area contributed by atoms with Gasteiger partial charge in [0.05, 0.1) is 12.2 Å². The van der Waals surface area contributed by atoms with E-state index >= 15 is 0 Å². The molecule has 0 saturated heterocycles. The Morgan fingerprint density at radius 1 is 1.00 bits per heavy atom. The van der Waals surface area contributed by atoms with Crippen LogP contribution in [0.1, 0.15) is 37.7 Å². The van der Waals surface area contributed by atoms with Gasteiger partial charge in [-0.3, -0.25) is 4.79 Å². The smallest absolute Gasteiger partial charge is 0.449 e. The first-order valence-corrected chi connectivity index (χ1v) is 11.4. The maximum atomic E-state index is 13.4. The molecule has 0 aliphatic heterocycles. The summed E-state index contributed by atoms with van der Waals surface area (Å²) in [6.07, 6.45) is 3.56. The highest BCUT2D eigenvalue weighted by atomic mass is 32.1. The predicted molar refractivity (Wildman–Crippen MR) is 123 cm³/mol. The number of benzene rings is 2. The van der Waals surface area contributed by atoms with Gasteiger partial charge in [0.1, 0.15) is 0 Å². The predicted octanol–water partition coefficient (Wildman–Crippen LogP) is 6.59. The lowest BCUT2D eigenvalue weighted by molar-refractivity contribution is -0.119. The molecule has 0 spiro atoms. The minimum Gasteiger partial charge on any atom is -0.449 e. The lowest BCUT2D eigenvalue weighted by Crippen LogP contribution is -2.31. The molecule has 1 aliphatic rings. The normalized spacial score (nSPS) is 13.8. The minimum atomic E-state index is -1.38. The van der Waals surface area contributed by atoms with Crippen molar-refractivity contribution in [1.82, 2.24) is 0 Å². The lowest BCUT2D eigenvalue weighted by atomic mass is 10.0. The summed E-state index contributed by atoms with van der Waals surface area (Å²) in [5.74, 6) is 0.394. The Morgan fingerprint density at radius 3 is 2.29 bits per heavy atom. The van der Waals surface area contributed by atoms with Gasteiger partial charge < -0.3 is 14.7 Å². The monoisotopic (exact) mass is 435 g/mol. The third-order valence-corrected chi connectivity index (χ3v) is 6.68. The molecule has 1 saturated carbocycles. The number of carbonyl (C=O) groups is 2. The van der Waals surface area contributed by atoms with Crippen LogP contribution in [-0.2, 0) is 11.3 Å². The van der Waals surface area contributed by atoms with E-state index in [2.05, 4.69) is 0 Å². The van der Waals surface area contributed by atoms with Crippen molar-refractivity contribution in [2.45, 2.75) is 38.6 Å². The van der Waals surface area contributed by atoms with Crippen molar-refractivity contribution < 1.29 is 19.4 Å². The maximum absolute atomic E-state index is 13.4. The Hall–Kier alpha value is -3.12. The Bertz CT molecular complexity index is 1030. The Morgan fingerprint density at radius 2 is 1.65 bits per heavy atom. The largest absolute Gasteiger partial charge is 0.512 e. The van der Waals surface area contributed by atoms with E-state index in [0.717, 1.165) is 28.8 Å². The first kappa shape index (κ1) is 21.1. The minimum absolute atomic E-state index is 0.00315. The second kappa shape index (κ2) is 9.79. The van der Waals surface area contributed by atoms with Crippen LogP contribution in [0.5, 0.6) is 5.06 Å². The number of hydrogen-bond acceptors (Lipinski definition) is 4. The number of rotatable bonds is 7. The van der Waals surface area contributed by atoms with Crippen LogP contribution < -0.4 is 9.64 Å². The molecule has 2 aromatic carbocycles. The van der Waals surface area contributed by atoms with Crippen LogP contribution in [0.3, 0.4) is 0 Å². The molecule has 1 fully saturated rings. The second-order valence-corrected chi connectivity index (χ2v) is 8.85. The van der Waals surface area contributed by atoms with Gasteiger partial charge in [-0.05, 0) is 36.0 Å². The number of hydrogen-bond donors (Lipinski definition) is 1. The number of carboxylic acid groups (broad SMARTS) is 1. The van der Waals surface area contributed by atoms with Crippen molar-refractivity contribution in [2.24, 2.45) is 5.92 Å². The summed E-state index contributed by atoms with van der Waals surface area (Å²) in [7, 11) is 0. The van der Waals surface area contributed by atoms with Gasteiger partial charge in [0.15, 0.2) is 0 Å². The Balaban J connectivity index is 1.71. The van der Waals surface area contributed by atoms with Crippen molar-refractivity contribution in [3.63, 3.8) is 0 Å². The SMILES string of the molecule is O=C(O)Oc1sc(-c2ccccc2)cc1N(Cc1ccccc1)C(=O)CC1CCCC1. The fourth-order valence-corrected chi connectivity index (χ4v) is 5.11. The first-order valence-electron chi connectivity index (χ1n) is 10.5. The van der Waals surface area contributed by atoms with Crippen LogP contribution in [-0.4, -0.2) is 17.2 Å². The quantitative estimate of drug-likeness (QED) is 0.425. The molecule has 0 bridgehead atoms. The number of ether oxygens (including phenoxy) is 1. The fraction of sp³-hybridized carbons (Fsp3) is 0.280. The van der Waals surface area contributed by atoms with Gasteiger partial charge >= 0.3 is 6.16 Å². The molecule has 1 heterocycles. The van der Waals surface area contributed by atoms with Gasteiger partial charge in [0, 0.05) is 11.3 Å². The van der Waals surface area contributed by atoms with Gasteiger partial charge in [0.2, 0.25) is 11.0 Å². The van der Waals surface area contributed by atoms with E-state index < -0.39 is 6.16 Å². The molecule has 1 amide bonds. The van der Waals surface area contributed by atoms with Gasteiger partial charge in [-0.1, -0.05) is 84.8 Å². The van der Waals surface area contributed by atoms with Gasteiger partial charge in [0.25, 0.3) is 0 Å². The molecule has 1 N–H and O–H groups in total. The molecule has 0 atom stereocenters. The van der Waals surface area contributed by atoms with Crippen LogP contribution in [0.4, 0.5) is 10.5 Å². The van der Waals surface area contributed by atoms with Crippen LogP contribution in [0.15, 0.2) is 66.7 Å². The molecule has 1 aromatic heterocycles. The highest BCUT2D eigenvalue weighted by molar-refractivity contribution is 7.18. The standard InChI is InChI=1S/C25H25NO4S/c27-23(15-18-9-7-8-10-18)26(17-19-11-3-1-4-12-19)21-16-22(20-13-5-2-6-14-20)31-24(21)30-25(28)29/h1-6,11-14,16,18H,7-10,15,17H2,(H,28,29). The van der Waals surface area contributed by atoms with Crippen molar-refractivity contribution in [1.29, 1.82) is 0 Å². The molecule has 31 heavy (non-hydrogen) atoms. The lowest BCUT2D eigenvalue weighted by Gasteiger charge is -2.24. The van der Waals surface area contributed by atoms with Gasteiger partial charge in [-0.15, -0.1) is 0 Å². The highest BCUT2D eigenvalue weighted by Crippen LogP contribution is 2.44. The van der Waals surface area contributed by atoms with Crippen LogP contribution in [0.2, 0.25) is 0 Å². The summed E-state index contributed by atoms with van der Waals surface area (Å²) in [4.78, 5) is 27.3. The van der Waals surface area contributed by atoms with Crippen molar-refractivity contribution in [3.8, 4) is 15.5 Å². The molecular formula is C25H25NO4S. The summed E-state index contributed by atoms with van der Waals surface area (Å²) in [5, 5.41) is 9.52. The molecule has 0 unspecified atom stereocenters. The summed E-state index contributed by atoms with van der Waals surface area (Å²) >= 11 is 1.24. The second-order valence-electron chi connectivity index (χ2n) is 7.84. The van der Waals surface area contributed by atoms with Crippen molar-refractivity contribution in [2.75, 3.05) is 4.90 Å². The van der Waals surface area contributed by atoms with E-state index in [1.165, 1.54) is 24.2 Å². The third kappa shape index (κ3) is 5.33. The zero-order valence-corrected chi connectivity index (χ0v) is 18.0. The van der Waals surface area contributed by atoms with Gasteiger partial charge in [-0.25, -0.2) is 4.79 Å². The highest BCUT2D eigenvalue weighted by Gasteiger charge is 2.27. The van der Waals surface area contributed by atoms with E-state index in [1.807, 2.05) is 66.7 Å². The maximum Gasteiger partial charge on any atom is 0.512 e. The molecule has 5 nitrogen and oxygen atoms in total. The van der Waals surface area contributed by atoms with E-state index in [-0.39, 0.29) is 11.0 Å². The van der Waals surface area contributed by atoms with Crippen molar-refractivity contribution >= 4 is 29.1 Å². The Labute approximate surface area is 185 Å². The van der Waals surface area contributed by atoms with E-state index in [9.17, 15) is 14.7 Å². The third-order valence-electron chi connectivity index (χ3n) is 5.63. The Kier molecular flexibility index (Phi) is 6.67. The van der Waals surface area contributed by atoms with Crippen LogP contribution >= 0.6 is 11.3 Å². The first-order chi connectivity index (χ1) is 15.1. The van der Waals surface area contributed by atoms with Crippen LogP contribution in [0.25, 0.3) is 10.4 Å². The summed E-state index contributed by atoms with van der Waals surface area (Å²) in [5.41, 5.74) is 2.45. The molecule has 6 heteroatoms. The molecule has 0 radical (unpaired) electrons. The van der Waals surface area contributed by atoms with Gasteiger partial charge in [-0.2, -0.15) is 0 Å². The average molecular weight is 436 g/mol. The molecule has 3 aromatic rings. The zero-order chi connectivity index (χ0) is 21.6. The summed E-state index contributed by atoms with van der Waals surface area (Å²) in [6, 6.07) is 21.3. The van der Waals surface area contributed by atoms with E-state index in [1.54, 1.807) is 4.90 Å². The molecule has 1 aliphatic carbocycles. The zero-order valence-electron chi connectivity index (χ0n) is 17.2. The summed E-state index contributed by atoms with van der Waals surface area (Å²) < 4.78 is 5.13. The summed E-state index contributed by atoms with van der Waals surface area (Å²) in [6.45, 7) is 0.368. The number of amides is 1. The number of anilines is 1. The average Bonchev–Trinajstić information content (AvgIpc) is 3.43. The fourth-order valence-electron chi connectivity index (χ4n) is 4.10. The number of carbonyl (C=O) groups excluding carboxylic acids is 1. The number of nitrogens with zero attached hydrogens (tertiary/aromatic N) is 1.